The van der Waals surface area contributed by atoms with Crippen LogP contribution in [0.15, 0.2) is 24.3 Å². The Morgan fingerprint density at radius 2 is 2.17 bits per heavy atom. The van der Waals surface area contributed by atoms with Crippen LogP contribution >= 0.6 is 0 Å². The highest BCUT2D eigenvalue weighted by molar-refractivity contribution is 5.87. The van der Waals surface area contributed by atoms with Crippen molar-refractivity contribution in [3.8, 4) is 0 Å². The first-order chi connectivity index (χ1) is 8.74. The maximum absolute atomic E-state index is 12.2. The van der Waals surface area contributed by atoms with Gasteiger partial charge < -0.3 is 10.6 Å². The van der Waals surface area contributed by atoms with Crippen LogP contribution in [-0.2, 0) is 11.2 Å². The molecule has 2 N–H and O–H groups in total. The first kappa shape index (κ1) is 11.7. The molecular weight excluding hydrogens is 224 g/mol. The Hall–Kier alpha value is -1.35. The minimum atomic E-state index is 0.0819. The molecular formula is C15H20N2O. The first-order valence-corrected chi connectivity index (χ1v) is 6.83. The summed E-state index contributed by atoms with van der Waals surface area (Å²) >= 11 is 0. The van der Waals surface area contributed by atoms with Gasteiger partial charge >= 0.3 is 0 Å². The second-order valence-corrected chi connectivity index (χ2v) is 5.66. The highest BCUT2D eigenvalue weighted by atomic mass is 16.2. The van der Waals surface area contributed by atoms with Crippen molar-refractivity contribution in [1.29, 1.82) is 0 Å². The molecule has 1 aromatic carbocycles. The molecule has 0 spiro atoms. The van der Waals surface area contributed by atoms with Gasteiger partial charge in [0, 0.05) is 12.6 Å². The molecule has 1 saturated heterocycles. The fraction of sp³-hybridized carbons (Fsp3) is 0.533. The van der Waals surface area contributed by atoms with E-state index in [1.54, 1.807) is 0 Å². The molecule has 18 heavy (non-hydrogen) atoms. The van der Waals surface area contributed by atoms with Crippen LogP contribution in [0.4, 0.5) is 0 Å². The van der Waals surface area contributed by atoms with E-state index in [0.717, 1.165) is 25.9 Å². The highest BCUT2D eigenvalue weighted by Crippen LogP contribution is 2.34. The van der Waals surface area contributed by atoms with Crippen molar-refractivity contribution in [2.75, 3.05) is 13.1 Å². The predicted octanol–water partition coefficient (Wildman–Crippen LogP) is 1.44. The minimum absolute atomic E-state index is 0.0819. The van der Waals surface area contributed by atoms with Gasteiger partial charge in [0.15, 0.2) is 0 Å². The largest absolute Gasteiger partial charge is 0.352 e. The molecule has 1 aliphatic carbocycles. The monoisotopic (exact) mass is 244 g/mol. The maximum Gasteiger partial charge on any atom is 0.228 e. The normalized spacial score (nSPS) is 30.2. The van der Waals surface area contributed by atoms with Crippen LogP contribution in [0, 0.1) is 5.92 Å². The molecule has 3 atom stereocenters. The third-order valence-corrected chi connectivity index (χ3v) is 4.09. The van der Waals surface area contributed by atoms with Gasteiger partial charge in [-0.1, -0.05) is 31.2 Å². The van der Waals surface area contributed by atoms with E-state index in [-0.39, 0.29) is 11.8 Å². The molecule has 1 amide bonds. The zero-order valence-corrected chi connectivity index (χ0v) is 10.8. The number of carbonyl (C=O) groups excluding carboxylic acids is 1. The molecule has 3 rings (SSSR count). The summed E-state index contributed by atoms with van der Waals surface area (Å²) in [5.41, 5.74) is 2.54. The summed E-state index contributed by atoms with van der Waals surface area (Å²) in [4.78, 5) is 12.2. The average Bonchev–Trinajstić information content (AvgIpc) is 2.30. The van der Waals surface area contributed by atoms with Crippen LogP contribution in [0.2, 0.25) is 0 Å². The molecule has 3 heteroatoms. The fourth-order valence-electron chi connectivity index (χ4n) is 3.06. The Balaban J connectivity index is 1.60. The van der Waals surface area contributed by atoms with E-state index in [1.807, 2.05) is 12.1 Å². The van der Waals surface area contributed by atoms with Crippen LogP contribution in [0.5, 0.6) is 0 Å². The smallest absolute Gasteiger partial charge is 0.228 e. The van der Waals surface area contributed by atoms with Gasteiger partial charge in [-0.2, -0.15) is 0 Å². The van der Waals surface area contributed by atoms with E-state index in [0.29, 0.717) is 12.0 Å². The summed E-state index contributed by atoms with van der Waals surface area (Å²) in [5.74, 6) is 0.936. The van der Waals surface area contributed by atoms with Crippen molar-refractivity contribution in [3.05, 3.63) is 35.4 Å². The molecule has 0 radical (unpaired) electrons. The van der Waals surface area contributed by atoms with Crippen molar-refractivity contribution >= 4 is 5.91 Å². The zero-order chi connectivity index (χ0) is 12.5. The van der Waals surface area contributed by atoms with Crippen LogP contribution in [0.25, 0.3) is 0 Å². The van der Waals surface area contributed by atoms with Gasteiger partial charge in [-0.05, 0) is 36.4 Å². The van der Waals surface area contributed by atoms with E-state index in [2.05, 4.69) is 29.7 Å². The number of piperidine rings is 1. The summed E-state index contributed by atoms with van der Waals surface area (Å²) in [6.07, 6.45) is 1.99. The Morgan fingerprint density at radius 3 is 2.94 bits per heavy atom. The van der Waals surface area contributed by atoms with Crippen LogP contribution in [0.1, 0.15) is 30.4 Å². The number of fused-ring (bicyclic) bond motifs is 1. The number of amides is 1. The van der Waals surface area contributed by atoms with Gasteiger partial charge in [-0.3, -0.25) is 4.79 Å². The van der Waals surface area contributed by atoms with Crippen molar-refractivity contribution in [2.45, 2.75) is 31.7 Å². The first-order valence-electron chi connectivity index (χ1n) is 6.83. The van der Waals surface area contributed by atoms with Crippen molar-refractivity contribution < 1.29 is 4.79 Å². The number of hydrogen-bond donors (Lipinski definition) is 2. The van der Waals surface area contributed by atoms with Gasteiger partial charge in [0.05, 0.1) is 5.92 Å². The molecule has 1 heterocycles. The molecule has 2 aliphatic rings. The number of hydrogen-bond acceptors (Lipinski definition) is 2. The van der Waals surface area contributed by atoms with Gasteiger partial charge in [-0.25, -0.2) is 0 Å². The average molecular weight is 244 g/mol. The Labute approximate surface area is 108 Å². The Bertz CT molecular complexity index is 458. The van der Waals surface area contributed by atoms with Crippen molar-refractivity contribution in [3.63, 3.8) is 0 Å². The fourth-order valence-corrected chi connectivity index (χ4v) is 3.06. The van der Waals surface area contributed by atoms with Crippen LogP contribution < -0.4 is 10.6 Å². The second-order valence-electron chi connectivity index (χ2n) is 5.66. The molecule has 1 aromatic rings. The highest BCUT2D eigenvalue weighted by Gasteiger charge is 2.33. The predicted molar refractivity (Wildman–Crippen MR) is 71.5 cm³/mol. The summed E-state index contributed by atoms with van der Waals surface area (Å²) in [6, 6.07) is 8.55. The van der Waals surface area contributed by atoms with E-state index >= 15 is 0 Å². The van der Waals surface area contributed by atoms with Crippen LogP contribution in [0.3, 0.4) is 0 Å². The molecule has 1 fully saturated rings. The van der Waals surface area contributed by atoms with Crippen molar-refractivity contribution in [2.24, 2.45) is 5.92 Å². The lowest BCUT2D eigenvalue weighted by Gasteiger charge is -2.33. The number of benzene rings is 1. The summed E-state index contributed by atoms with van der Waals surface area (Å²) in [7, 11) is 0. The van der Waals surface area contributed by atoms with E-state index in [1.165, 1.54) is 11.1 Å². The van der Waals surface area contributed by atoms with E-state index < -0.39 is 0 Å². The SMILES string of the molecule is CC1CNCC(NC(=O)C2Cc3ccccc32)C1. The number of rotatable bonds is 2. The van der Waals surface area contributed by atoms with E-state index in [4.69, 9.17) is 0 Å². The number of carbonyl (C=O) groups is 1. The molecule has 3 unspecified atom stereocenters. The summed E-state index contributed by atoms with van der Waals surface area (Å²) in [5, 5.41) is 6.56. The minimum Gasteiger partial charge on any atom is -0.352 e. The Morgan fingerprint density at radius 1 is 1.33 bits per heavy atom. The maximum atomic E-state index is 12.2. The zero-order valence-electron chi connectivity index (χ0n) is 10.8. The van der Waals surface area contributed by atoms with Gasteiger partial charge in [0.25, 0.3) is 0 Å². The van der Waals surface area contributed by atoms with Gasteiger partial charge in [0.2, 0.25) is 5.91 Å². The third-order valence-electron chi connectivity index (χ3n) is 4.09. The number of nitrogens with one attached hydrogen (secondary N) is 2. The van der Waals surface area contributed by atoms with Gasteiger partial charge in [0.1, 0.15) is 0 Å². The molecule has 1 aliphatic heterocycles. The lowest BCUT2D eigenvalue weighted by atomic mass is 9.77. The van der Waals surface area contributed by atoms with Gasteiger partial charge in [-0.15, -0.1) is 0 Å². The topological polar surface area (TPSA) is 41.1 Å². The van der Waals surface area contributed by atoms with E-state index in [9.17, 15) is 4.79 Å². The molecule has 96 valence electrons. The second kappa shape index (κ2) is 4.73. The summed E-state index contributed by atoms with van der Waals surface area (Å²) < 4.78 is 0. The summed E-state index contributed by atoms with van der Waals surface area (Å²) in [6.45, 7) is 4.20. The molecule has 0 saturated carbocycles. The Kier molecular flexibility index (Phi) is 3.08. The van der Waals surface area contributed by atoms with Crippen molar-refractivity contribution in [1.82, 2.24) is 10.6 Å². The third kappa shape index (κ3) is 2.15. The molecule has 0 bridgehead atoms. The lowest BCUT2D eigenvalue weighted by Crippen LogP contribution is -2.50. The quantitative estimate of drug-likeness (QED) is 0.826. The molecule has 3 nitrogen and oxygen atoms in total. The molecule has 0 aromatic heterocycles. The standard InChI is InChI=1S/C15H20N2O/c1-10-6-12(9-16-8-10)17-15(18)14-7-11-4-2-3-5-13(11)14/h2-5,10,12,14,16H,6-9H2,1H3,(H,17,18). The lowest BCUT2D eigenvalue weighted by molar-refractivity contribution is -0.124. The van der Waals surface area contributed by atoms with Crippen LogP contribution in [-0.4, -0.2) is 25.0 Å².